The van der Waals surface area contributed by atoms with Crippen LogP contribution in [0.2, 0.25) is 0 Å². The van der Waals surface area contributed by atoms with Gasteiger partial charge in [0.05, 0.1) is 13.2 Å². The highest BCUT2D eigenvalue weighted by Gasteiger charge is 2.02. The van der Waals surface area contributed by atoms with Crippen LogP contribution in [0.25, 0.3) is 0 Å². The van der Waals surface area contributed by atoms with E-state index in [0.717, 1.165) is 31.4 Å². The standard InChI is InChI=1S/C18H30O4/c1-4-5-6-7-8-9-10-11-14-21-17(19)12-13-18(20)22-15-16(2)3/h8-9,12-13,16H,4-7,10-11,14-15H2,1-3H3/b9-8+,13-12+. The van der Waals surface area contributed by atoms with Crippen LogP contribution in [0.3, 0.4) is 0 Å². The second-order valence-electron chi connectivity index (χ2n) is 5.63. The molecule has 0 aromatic rings. The maximum atomic E-state index is 11.4. The van der Waals surface area contributed by atoms with Gasteiger partial charge in [0.2, 0.25) is 0 Å². The van der Waals surface area contributed by atoms with Crippen molar-refractivity contribution in [3.8, 4) is 0 Å². The molecule has 0 rings (SSSR count). The molecule has 0 aromatic heterocycles. The normalized spacial score (nSPS) is 11.5. The van der Waals surface area contributed by atoms with Crippen LogP contribution in [0.4, 0.5) is 0 Å². The van der Waals surface area contributed by atoms with E-state index in [0.29, 0.717) is 13.2 Å². The summed E-state index contributed by atoms with van der Waals surface area (Å²) in [7, 11) is 0. The Morgan fingerprint density at radius 2 is 1.50 bits per heavy atom. The summed E-state index contributed by atoms with van der Waals surface area (Å²) in [6.07, 6.45) is 13.1. The summed E-state index contributed by atoms with van der Waals surface area (Å²) >= 11 is 0. The van der Waals surface area contributed by atoms with Gasteiger partial charge in [0.1, 0.15) is 0 Å². The Hall–Kier alpha value is -1.58. The molecular weight excluding hydrogens is 280 g/mol. The van der Waals surface area contributed by atoms with Crippen molar-refractivity contribution in [1.29, 1.82) is 0 Å². The van der Waals surface area contributed by atoms with Crippen molar-refractivity contribution in [3.63, 3.8) is 0 Å². The highest BCUT2D eigenvalue weighted by atomic mass is 16.5. The van der Waals surface area contributed by atoms with Gasteiger partial charge in [-0.3, -0.25) is 0 Å². The van der Waals surface area contributed by atoms with E-state index in [1.807, 2.05) is 13.8 Å². The van der Waals surface area contributed by atoms with Gasteiger partial charge in [0.25, 0.3) is 0 Å². The van der Waals surface area contributed by atoms with Crippen molar-refractivity contribution in [2.75, 3.05) is 13.2 Å². The van der Waals surface area contributed by atoms with E-state index in [9.17, 15) is 9.59 Å². The topological polar surface area (TPSA) is 52.6 Å². The van der Waals surface area contributed by atoms with Gasteiger partial charge in [0.15, 0.2) is 0 Å². The van der Waals surface area contributed by atoms with Gasteiger partial charge < -0.3 is 9.47 Å². The molecule has 4 heteroatoms. The molecule has 126 valence electrons. The molecule has 0 heterocycles. The molecule has 0 atom stereocenters. The quantitative estimate of drug-likeness (QED) is 0.235. The van der Waals surface area contributed by atoms with Crippen molar-refractivity contribution in [2.24, 2.45) is 5.92 Å². The number of allylic oxidation sites excluding steroid dienone is 2. The molecule has 0 N–H and O–H groups in total. The first kappa shape index (κ1) is 20.4. The summed E-state index contributed by atoms with van der Waals surface area (Å²) in [6, 6.07) is 0. The van der Waals surface area contributed by atoms with Gasteiger partial charge in [-0.05, 0) is 31.6 Å². The summed E-state index contributed by atoms with van der Waals surface area (Å²) in [5, 5.41) is 0. The summed E-state index contributed by atoms with van der Waals surface area (Å²) in [5.41, 5.74) is 0. The van der Waals surface area contributed by atoms with Crippen LogP contribution in [0, 0.1) is 5.92 Å². The summed E-state index contributed by atoms with van der Waals surface area (Å²) < 4.78 is 9.90. The fraction of sp³-hybridized carbons (Fsp3) is 0.667. The van der Waals surface area contributed by atoms with E-state index < -0.39 is 11.9 Å². The fourth-order valence-corrected chi connectivity index (χ4v) is 1.60. The summed E-state index contributed by atoms with van der Waals surface area (Å²) in [4.78, 5) is 22.6. The SMILES string of the molecule is CCCCC/C=C/CCCOC(=O)/C=C/C(=O)OCC(C)C. The number of esters is 2. The first-order valence-corrected chi connectivity index (χ1v) is 8.22. The van der Waals surface area contributed by atoms with Crippen molar-refractivity contribution in [2.45, 2.75) is 59.3 Å². The Kier molecular flexibility index (Phi) is 13.3. The van der Waals surface area contributed by atoms with Crippen LogP contribution in [-0.4, -0.2) is 25.2 Å². The number of carbonyl (C=O) groups is 2. The third-order valence-corrected chi connectivity index (χ3v) is 2.81. The molecule has 0 saturated heterocycles. The van der Waals surface area contributed by atoms with Crippen LogP contribution >= 0.6 is 0 Å². The molecular formula is C18H30O4. The number of hydrogen-bond acceptors (Lipinski definition) is 4. The van der Waals surface area contributed by atoms with Crippen molar-refractivity contribution in [3.05, 3.63) is 24.3 Å². The molecule has 0 bridgehead atoms. The average molecular weight is 310 g/mol. The zero-order chi connectivity index (χ0) is 16.6. The number of unbranched alkanes of at least 4 members (excludes halogenated alkanes) is 4. The van der Waals surface area contributed by atoms with Gasteiger partial charge >= 0.3 is 11.9 Å². The molecule has 0 fully saturated rings. The molecule has 0 saturated carbocycles. The molecule has 0 aliphatic heterocycles. The molecule has 0 radical (unpaired) electrons. The molecule has 0 unspecified atom stereocenters. The molecule has 0 aromatic carbocycles. The summed E-state index contributed by atoms with van der Waals surface area (Å²) in [5.74, 6) is -0.742. The first-order chi connectivity index (χ1) is 10.6. The molecule has 0 spiro atoms. The lowest BCUT2D eigenvalue weighted by Crippen LogP contribution is -2.08. The first-order valence-electron chi connectivity index (χ1n) is 8.22. The molecule has 0 amide bonds. The number of ether oxygens (including phenoxy) is 2. The highest BCUT2D eigenvalue weighted by molar-refractivity contribution is 5.91. The number of carbonyl (C=O) groups excluding carboxylic acids is 2. The van der Waals surface area contributed by atoms with Gasteiger partial charge in [-0.1, -0.05) is 45.8 Å². The Balaban J connectivity index is 3.58. The van der Waals surface area contributed by atoms with Crippen LogP contribution < -0.4 is 0 Å². The van der Waals surface area contributed by atoms with E-state index in [1.54, 1.807) is 0 Å². The molecule has 0 aliphatic carbocycles. The van der Waals surface area contributed by atoms with Crippen LogP contribution in [0.5, 0.6) is 0 Å². The van der Waals surface area contributed by atoms with Gasteiger partial charge in [-0.25, -0.2) is 9.59 Å². The van der Waals surface area contributed by atoms with Crippen LogP contribution in [-0.2, 0) is 19.1 Å². The van der Waals surface area contributed by atoms with E-state index in [4.69, 9.17) is 9.47 Å². The number of hydrogen-bond donors (Lipinski definition) is 0. The highest BCUT2D eigenvalue weighted by Crippen LogP contribution is 2.01. The minimum absolute atomic E-state index is 0.277. The lowest BCUT2D eigenvalue weighted by Gasteiger charge is -2.04. The number of rotatable bonds is 12. The van der Waals surface area contributed by atoms with Crippen molar-refractivity contribution < 1.29 is 19.1 Å². The smallest absolute Gasteiger partial charge is 0.331 e. The van der Waals surface area contributed by atoms with Gasteiger partial charge in [-0.2, -0.15) is 0 Å². The van der Waals surface area contributed by atoms with Crippen LogP contribution in [0.15, 0.2) is 24.3 Å². The average Bonchev–Trinajstić information content (AvgIpc) is 2.49. The largest absolute Gasteiger partial charge is 0.463 e. The summed E-state index contributed by atoms with van der Waals surface area (Å²) in [6.45, 7) is 6.80. The fourth-order valence-electron chi connectivity index (χ4n) is 1.60. The Labute approximate surface area is 134 Å². The predicted molar refractivity (Wildman–Crippen MR) is 88.4 cm³/mol. The third kappa shape index (κ3) is 14.8. The predicted octanol–water partition coefficient (Wildman–Crippen LogP) is 4.20. The van der Waals surface area contributed by atoms with E-state index in [1.165, 1.54) is 19.3 Å². The van der Waals surface area contributed by atoms with Crippen molar-refractivity contribution in [1.82, 2.24) is 0 Å². The maximum absolute atomic E-state index is 11.4. The Bertz CT molecular complexity index is 356. The second-order valence-corrected chi connectivity index (χ2v) is 5.63. The second kappa shape index (κ2) is 14.4. The minimum atomic E-state index is -0.513. The van der Waals surface area contributed by atoms with Gasteiger partial charge in [0, 0.05) is 12.2 Å². The van der Waals surface area contributed by atoms with Crippen LogP contribution in [0.1, 0.15) is 59.3 Å². The van der Waals surface area contributed by atoms with E-state index >= 15 is 0 Å². The molecule has 22 heavy (non-hydrogen) atoms. The zero-order valence-electron chi connectivity index (χ0n) is 14.2. The van der Waals surface area contributed by atoms with Crippen molar-refractivity contribution >= 4 is 11.9 Å². The minimum Gasteiger partial charge on any atom is -0.463 e. The van der Waals surface area contributed by atoms with E-state index in [-0.39, 0.29) is 5.92 Å². The Morgan fingerprint density at radius 3 is 2.09 bits per heavy atom. The zero-order valence-corrected chi connectivity index (χ0v) is 14.2. The van der Waals surface area contributed by atoms with Gasteiger partial charge in [-0.15, -0.1) is 0 Å². The maximum Gasteiger partial charge on any atom is 0.331 e. The Morgan fingerprint density at radius 1 is 0.909 bits per heavy atom. The lowest BCUT2D eigenvalue weighted by molar-refractivity contribution is -0.141. The lowest BCUT2D eigenvalue weighted by atomic mass is 10.2. The van der Waals surface area contributed by atoms with E-state index in [2.05, 4.69) is 19.1 Å². The molecule has 0 aliphatic rings. The third-order valence-electron chi connectivity index (χ3n) is 2.81. The monoisotopic (exact) mass is 310 g/mol. The molecule has 4 nitrogen and oxygen atoms in total.